The Morgan fingerprint density at radius 2 is 1.80 bits per heavy atom. The monoisotopic (exact) mass is 334 g/mol. The predicted octanol–water partition coefficient (Wildman–Crippen LogP) is 2.47. The number of hydrogen-bond donors (Lipinski definition) is 1. The van der Waals surface area contributed by atoms with Crippen molar-refractivity contribution >= 4 is 11.5 Å². The van der Waals surface area contributed by atoms with Crippen LogP contribution in [0.1, 0.15) is 30.9 Å². The number of hydrogen-bond acceptors (Lipinski definition) is 5. The van der Waals surface area contributed by atoms with Crippen molar-refractivity contribution in [1.82, 2.24) is 24.9 Å². The Morgan fingerprint density at radius 3 is 2.52 bits per heavy atom. The zero-order valence-corrected chi connectivity index (χ0v) is 14.2. The lowest BCUT2D eigenvalue weighted by atomic mass is 9.81. The van der Waals surface area contributed by atoms with E-state index in [1.165, 1.54) is 25.0 Å². The molecule has 0 aromatic carbocycles. The fourth-order valence-corrected chi connectivity index (χ4v) is 3.75. The molecule has 2 aliphatic rings. The van der Waals surface area contributed by atoms with Gasteiger partial charge in [0.1, 0.15) is 5.82 Å². The van der Waals surface area contributed by atoms with Crippen molar-refractivity contribution in [2.75, 3.05) is 31.1 Å². The minimum atomic E-state index is 0.563. The third-order valence-corrected chi connectivity index (χ3v) is 5.38. The summed E-state index contributed by atoms with van der Waals surface area (Å²) in [5, 5.41) is 8.37. The normalized spacial score (nSPS) is 18.5. The Hall–Kier alpha value is -2.47. The van der Waals surface area contributed by atoms with Crippen LogP contribution in [0, 0.1) is 0 Å². The van der Waals surface area contributed by atoms with Crippen LogP contribution >= 0.6 is 0 Å². The van der Waals surface area contributed by atoms with Crippen LogP contribution in [0.2, 0.25) is 0 Å². The first kappa shape index (κ1) is 14.8. The quantitative estimate of drug-likeness (QED) is 0.797. The molecule has 1 N–H and O–H groups in total. The molecule has 0 atom stereocenters. The Bertz CT molecular complexity index is 878. The molecule has 0 radical (unpaired) electrons. The average Bonchev–Trinajstić information content (AvgIpc) is 2.99. The van der Waals surface area contributed by atoms with Gasteiger partial charge in [0, 0.05) is 50.1 Å². The molecule has 6 nitrogen and oxygen atoms in total. The number of pyridine rings is 1. The van der Waals surface area contributed by atoms with Crippen molar-refractivity contribution in [3.8, 4) is 11.3 Å². The highest BCUT2D eigenvalue weighted by atomic mass is 15.3. The second kappa shape index (κ2) is 6.11. The molecule has 2 fully saturated rings. The summed E-state index contributed by atoms with van der Waals surface area (Å²) >= 11 is 0. The van der Waals surface area contributed by atoms with E-state index in [1.807, 2.05) is 16.9 Å². The molecule has 1 aliphatic carbocycles. The maximum Gasteiger partial charge on any atom is 0.154 e. The minimum absolute atomic E-state index is 0.563. The van der Waals surface area contributed by atoms with Gasteiger partial charge in [0.2, 0.25) is 0 Å². The van der Waals surface area contributed by atoms with Crippen LogP contribution in [0.4, 0.5) is 5.82 Å². The molecule has 128 valence electrons. The van der Waals surface area contributed by atoms with Crippen molar-refractivity contribution in [2.45, 2.75) is 25.2 Å². The Kier molecular flexibility index (Phi) is 3.63. The summed E-state index contributed by atoms with van der Waals surface area (Å²) in [6, 6.07) is 8.33. The van der Waals surface area contributed by atoms with E-state index in [0.717, 1.165) is 48.9 Å². The van der Waals surface area contributed by atoms with Crippen LogP contribution in [0.15, 0.2) is 36.7 Å². The molecular formula is C19H22N6. The van der Waals surface area contributed by atoms with Gasteiger partial charge in [0.25, 0.3) is 0 Å². The number of nitrogens with zero attached hydrogens (tertiary/aromatic N) is 5. The van der Waals surface area contributed by atoms with E-state index in [1.54, 1.807) is 0 Å². The smallest absolute Gasteiger partial charge is 0.154 e. The van der Waals surface area contributed by atoms with Gasteiger partial charge in [-0.05, 0) is 37.1 Å². The summed E-state index contributed by atoms with van der Waals surface area (Å²) in [4.78, 5) is 11.5. The van der Waals surface area contributed by atoms with Crippen molar-refractivity contribution in [3.05, 3.63) is 42.4 Å². The highest BCUT2D eigenvalue weighted by Crippen LogP contribution is 2.40. The first-order valence-corrected chi connectivity index (χ1v) is 9.16. The van der Waals surface area contributed by atoms with Gasteiger partial charge in [0.05, 0.1) is 11.4 Å². The van der Waals surface area contributed by atoms with Crippen molar-refractivity contribution in [3.63, 3.8) is 0 Å². The molecule has 0 bridgehead atoms. The summed E-state index contributed by atoms with van der Waals surface area (Å²) in [5.74, 6) is 1.59. The molecule has 6 heteroatoms. The Labute approximate surface area is 146 Å². The van der Waals surface area contributed by atoms with E-state index in [0.29, 0.717) is 5.92 Å². The number of nitrogens with one attached hydrogen (secondary N) is 1. The van der Waals surface area contributed by atoms with Gasteiger partial charge < -0.3 is 10.2 Å². The molecule has 25 heavy (non-hydrogen) atoms. The van der Waals surface area contributed by atoms with Gasteiger partial charge in [-0.2, -0.15) is 0 Å². The molecule has 4 heterocycles. The van der Waals surface area contributed by atoms with Gasteiger partial charge in [-0.25, -0.2) is 9.50 Å². The molecule has 1 saturated carbocycles. The number of imidazole rings is 1. The standard InChI is InChI=1S/C19H22N6/c1-2-14(3-1)18-19(15-6-8-20-9-7-15)25-16(22-18)4-5-17(23-25)24-12-10-21-11-13-24/h4-9,14,21H,1-3,10-13H2. The number of anilines is 1. The first-order chi connectivity index (χ1) is 12.4. The maximum absolute atomic E-state index is 4.97. The van der Waals surface area contributed by atoms with Crippen molar-refractivity contribution in [1.29, 1.82) is 0 Å². The summed E-state index contributed by atoms with van der Waals surface area (Å²) in [6.07, 6.45) is 7.45. The van der Waals surface area contributed by atoms with Crippen LogP contribution in [0.5, 0.6) is 0 Å². The molecular weight excluding hydrogens is 312 g/mol. The van der Waals surface area contributed by atoms with E-state index in [-0.39, 0.29) is 0 Å². The highest BCUT2D eigenvalue weighted by Gasteiger charge is 2.28. The third-order valence-electron chi connectivity index (χ3n) is 5.38. The Morgan fingerprint density at radius 1 is 1.00 bits per heavy atom. The summed E-state index contributed by atoms with van der Waals surface area (Å²) < 4.78 is 2.04. The molecule has 1 aliphatic heterocycles. The summed E-state index contributed by atoms with van der Waals surface area (Å²) in [6.45, 7) is 4.00. The molecule has 5 rings (SSSR count). The predicted molar refractivity (Wildman–Crippen MR) is 97.9 cm³/mol. The minimum Gasteiger partial charge on any atom is -0.353 e. The molecule has 3 aromatic rings. The van der Waals surface area contributed by atoms with Gasteiger partial charge in [0.15, 0.2) is 5.65 Å². The maximum atomic E-state index is 4.97. The zero-order chi connectivity index (χ0) is 16.6. The average molecular weight is 334 g/mol. The molecule has 1 saturated heterocycles. The number of fused-ring (bicyclic) bond motifs is 1. The lowest BCUT2D eigenvalue weighted by molar-refractivity contribution is 0.413. The lowest BCUT2D eigenvalue weighted by Gasteiger charge is -2.28. The van der Waals surface area contributed by atoms with Crippen LogP contribution < -0.4 is 10.2 Å². The molecule has 3 aromatic heterocycles. The number of aromatic nitrogens is 4. The van der Waals surface area contributed by atoms with Crippen molar-refractivity contribution in [2.24, 2.45) is 0 Å². The first-order valence-electron chi connectivity index (χ1n) is 9.16. The Balaban J connectivity index is 1.66. The summed E-state index contributed by atoms with van der Waals surface area (Å²) in [7, 11) is 0. The van der Waals surface area contributed by atoms with E-state index in [4.69, 9.17) is 10.1 Å². The van der Waals surface area contributed by atoms with Crippen molar-refractivity contribution < 1.29 is 0 Å². The topological polar surface area (TPSA) is 58.4 Å². The fourth-order valence-electron chi connectivity index (χ4n) is 3.75. The molecule has 0 spiro atoms. The van der Waals surface area contributed by atoms with Crippen LogP contribution in [-0.2, 0) is 0 Å². The number of piperazine rings is 1. The van der Waals surface area contributed by atoms with Gasteiger partial charge in [-0.1, -0.05) is 6.42 Å². The van der Waals surface area contributed by atoms with E-state index < -0.39 is 0 Å². The van der Waals surface area contributed by atoms with E-state index in [9.17, 15) is 0 Å². The second-order valence-corrected chi connectivity index (χ2v) is 6.91. The van der Waals surface area contributed by atoms with Crippen LogP contribution in [0.25, 0.3) is 16.9 Å². The SMILES string of the molecule is c1cc(-c2c(C3CCC3)nc3ccc(N4CCNCC4)nn23)ccn1. The molecule has 0 unspecified atom stereocenters. The number of rotatable bonds is 3. The van der Waals surface area contributed by atoms with Gasteiger partial charge in [-0.3, -0.25) is 4.98 Å². The molecule has 0 amide bonds. The van der Waals surface area contributed by atoms with E-state index >= 15 is 0 Å². The van der Waals surface area contributed by atoms with E-state index in [2.05, 4.69) is 39.5 Å². The largest absolute Gasteiger partial charge is 0.353 e. The highest BCUT2D eigenvalue weighted by molar-refractivity contribution is 5.68. The van der Waals surface area contributed by atoms with Gasteiger partial charge >= 0.3 is 0 Å². The zero-order valence-electron chi connectivity index (χ0n) is 14.2. The van der Waals surface area contributed by atoms with Gasteiger partial charge in [-0.15, -0.1) is 5.10 Å². The van der Waals surface area contributed by atoms with Crippen LogP contribution in [-0.4, -0.2) is 45.8 Å². The third kappa shape index (κ3) is 2.57. The van der Waals surface area contributed by atoms with Crippen LogP contribution in [0.3, 0.4) is 0 Å². The fraction of sp³-hybridized carbons (Fsp3) is 0.421. The lowest BCUT2D eigenvalue weighted by Crippen LogP contribution is -2.44. The summed E-state index contributed by atoms with van der Waals surface area (Å²) in [5.41, 5.74) is 4.42. The second-order valence-electron chi connectivity index (χ2n) is 6.91.